The summed E-state index contributed by atoms with van der Waals surface area (Å²) < 4.78 is 13.9. The van der Waals surface area contributed by atoms with Gasteiger partial charge in [-0.2, -0.15) is 5.10 Å². The van der Waals surface area contributed by atoms with E-state index >= 15 is 0 Å². The van der Waals surface area contributed by atoms with Gasteiger partial charge >= 0.3 is 0 Å². The predicted molar refractivity (Wildman–Crippen MR) is 87.9 cm³/mol. The molecule has 1 aromatic heterocycles. The molecular weight excluding hydrogens is 279 g/mol. The van der Waals surface area contributed by atoms with E-state index in [1.54, 1.807) is 6.07 Å². The fourth-order valence-corrected chi connectivity index (χ4v) is 2.59. The van der Waals surface area contributed by atoms with E-state index < -0.39 is 0 Å². The van der Waals surface area contributed by atoms with Crippen molar-refractivity contribution in [2.75, 3.05) is 20.1 Å². The Labute approximate surface area is 131 Å². The molecule has 5 heteroatoms. The number of nitrogens with one attached hydrogen (secondary N) is 1. The average molecular weight is 304 g/mol. The van der Waals surface area contributed by atoms with Crippen LogP contribution in [-0.4, -0.2) is 35.2 Å². The lowest BCUT2D eigenvalue weighted by molar-refractivity contribution is 0.337. The molecule has 0 atom stereocenters. The van der Waals surface area contributed by atoms with Crippen molar-refractivity contribution in [1.82, 2.24) is 15.1 Å². The third kappa shape index (κ3) is 4.15. The summed E-state index contributed by atoms with van der Waals surface area (Å²) >= 11 is 0. The van der Waals surface area contributed by atoms with E-state index in [1.165, 1.54) is 6.07 Å². The number of hydrogen-bond acceptors (Lipinski definition) is 3. The van der Waals surface area contributed by atoms with Crippen LogP contribution in [-0.2, 0) is 13.0 Å². The van der Waals surface area contributed by atoms with Gasteiger partial charge in [-0.1, -0.05) is 13.8 Å². The normalized spacial score (nSPS) is 11.6. The molecule has 0 amide bonds. The van der Waals surface area contributed by atoms with Gasteiger partial charge in [0.2, 0.25) is 0 Å². The molecule has 0 aliphatic rings. The summed E-state index contributed by atoms with van der Waals surface area (Å²) in [6.07, 6.45) is 2.63. The second-order valence-electron chi connectivity index (χ2n) is 6.19. The van der Waals surface area contributed by atoms with Crippen molar-refractivity contribution in [3.63, 3.8) is 0 Å². The molecule has 1 aromatic carbocycles. The van der Waals surface area contributed by atoms with Crippen LogP contribution in [0.2, 0.25) is 0 Å². The number of benzene rings is 1. The summed E-state index contributed by atoms with van der Waals surface area (Å²) in [5.41, 5.74) is 9.26. The molecule has 0 bridgehead atoms. The lowest BCUT2D eigenvalue weighted by Crippen LogP contribution is -2.25. The maximum Gasteiger partial charge on any atom is 0.126 e. The van der Waals surface area contributed by atoms with Crippen molar-refractivity contribution in [3.8, 4) is 11.3 Å². The minimum atomic E-state index is -0.144. The van der Waals surface area contributed by atoms with Crippen LogP contribution in [0.5, 0.6) is 0 Å². The van der Waals surface area contributed by atoms with Crippen LogP contribution in [0.4, 0.5) is 4.39 Å². The highest BCUT2D eigenvalue weighted by Gasteiger charge is 2.13. The Hall–Kier alpha value is -1.72. The Morgan fingerprint density at radius 3 is 2.77 bits per heavy atom. The highest BCUT2D eigenvalue weighted by atomic mass is 19.1. The average Bonchev–Trinajstić information content (AvgIpc) is 2.89. The monoisotopic (exact) mass is 304 g/mol. The number of aromatic nitrogens is 2. The zero-order valence-electron chi connectivity index (χ0n) is 13.6. The molecule has 2 rings (SSSR count). The highest BCUT2D eigenvalue weighted by molar-refractivity contribution is 5.63. The van der Waals surface area contributed by atoms with Gasteiger partial charge in [-0.3, -0.25) is 5.10 Å². The molecule has 0 fully saturated rings. The molecular formula is C17H25FN4. The van der Waals surface area contributed by atoms with E-state index in [4.69, 9.17) is 5.73 Å². The molecule has 0 saturated heterocycles. The molecule has 1 heterocycles. The number of nitrogens with zero attached hydrogens (tertiary/aromatic N) is 2. The fourth-order valence-electron chi connectivity index (χ4n) is 2.59. The molecule has 0 unspecified atom stereocenters. The number of H-pyrrole nitrogens is 1. The van der Waals surface area contributed by atoms with Gasteiger partial charge in [0.1, 0.15) is 5.82 Å². The van der Waals surface area contributed by atoms with Gasteiger partial charge in [-0.15, -0.1) is 0 Å². The molecule has 0 aliphatic heterocycles. The number of rotatable bonds is 7. The van der Waals surface area contributed by atoms with Gasteiger partial charge in [-0.05, 0) is 43.1 Å². The van der Waals surface area contributed by atoms with Gasteiger partial charge in [-0.25, -0.2) is 4.39 Å². The van der Waals surface area contributed by atoms with Crippen LogP contribution in [0.15, 0.2) is 24.4 Å². The SMILES string of the molecule is CC(C)Cc1cc(-c2n[nH]cc2CN(C)CCN)ccc1F. The highest BCUT2D eigenvalue weighted by Crippen LogP contribution is 2.25. The van der Waals surface area contributed by atoms with Crippen LogP contribution >= 0.6 is 0 Å². The Bertz CT molecular complexity index is 606. The Morgan fingerprint density at radius 2 is 2.09 bits per heavy atom. The maximum atomic E-state index is 13.9. The van der Waals surface area contributed by atoms with E-state index in [2.05, 4.69) is 28.9 Å². The minimum absolute atomic E-state index is 0.144. The third-order valence-corrected chi connectivity index (χ3v) is 3.62. The Kier molecular flexibility index (Phi) is 5.69. The summed E-state index contributed by atoms with van der Waals surface area (Å²) in [6.45, 7) is 6.40. The molecule has 0 saturated carbocycles. The van der Waals surface area contributed by atoms with Crippen molar-refractivity contribution in [1.29, 1.82) is 0 Å². The number of aromatic amines is 1. The smallest absolute Gasteiger partial charge is 0.126 e. The van der Waals surface area contributed by atoms with Crippen molar-refractivity contribution in [2.45, 2.75) is 26.8 Å². The van der Waals surface area contributed by atoms with Crippen LogP contribution in [0, 0.1) is 11.7 Å². The van der Waals surface area contributed by atoms with Crippen LogP contribution in [0.1, 0.15) is 25.0 Å². The van der Waals surface area contributed by atoms with Crippen molar-refractivity contribution in [3.05, 3.63) is 41.3 Å². The van der Waals surface area contributed by atoms with E-state index in [0.29, 0.717) is 12.5 Å². The van der Waals surface area contributed by atoms with Crippen LogP contribution in [0.25, 0.3) is 11.3 Å². The first-order valence-corrected chi connectivity index (χ1v) is 7.71. The zero-order chi connectivity index (χ0) is 16.1. The van der Waals surface area contributed by atoms with Crippen molar-refractivity contribution < 1.29 is 4.39 Å². The lowest BCUT2D eigenvalue weighted by atomic mass is 9.98. The Morgan fingerprint density at radius 1 is 1.32 bits per heavy atom. The zero-order valence-corrected chi connectivity index (χ0v) is 13.6. The predicted octanol–water partition coefficient (Wildman–Crippen LogP) is 2.80. The molecule has 0 radical (unpaired) electrons. The lowest BCUT2D eigenvalue weighted by Gasteiger charge is -2.15. The fraction of sp³-hybridized carbons (Fsp3) is 0.471. The number of halogens is 1. The molecule has 3 N–H and O–H groups in total. The maximum absolute atomic E-state index is 13.9. The molecule has 2 aromatic rings. The number of nitrogens with two attached hydrogens (primary N) is 1. The quantitative estimate of drug-likeness (QED) is 0.827. The number of likely N-dealkylation sites (N-methyl/N-ethyl adjacent to an activating group) is 1. The minimum Gasteiger partial charge on any atom is -0.329 e. The standard InChI is InChI=1S/C17H25FN4/c1-12(2)8-14-9-13(4-5-16(14)18)17-15(10-20-21-17)11-22(3)7-6-19/h4-5,9-10,12H,6-8,11,19H2,1-3H3,(H,20,21). The topological polar surface area (TPSA) is 57.9 Å². The van der Waals surface area contributed by atoms with Crippen LogP contribution < -0.4 is 5.73 Å². The second kappa shape index (κ2) is 7.51. The molecule has 4 nitrogen and oxygen atoms in total. The van der Waals surface area contributed by atoms with E-state index in [0.717, 1.165) is 41.9 Å². The summed E-state index contributed by atoms with van der Waals surface area (Å²) in [5.74, 6) is 0.272. The van der Waals surface area contributed by atoms with Gasteiger partial charge in [0.25, 0.3) is 0 Å². The summed E-state index contributed by atoms with van der Waals surface area (Å²) in [5, 5.41) is 7.26. The van der Waals surface area contributed by atoms with Gasteiger partial charge in [0.15, 0.2) is 0 Å². The van der Waals surface area contributed by atoms with Gasteiger partial charge in [0, 0.05) is 37.0 Å². The largest absolute Gasteiger partial charge is 0.329 e. The molecule has 0 aliphatic carbocycles. The summed E-state index contributed by atoms with van der Waals surface area (Å²) in [7, 11) is 2.03. The first-order valence-electron chi connectivity index (χ1n) is 7.71. The number of hydrogen-bond donors (Lipinski definition) is 2. The van der Waals surface area contributed by atoms with Gasteiger partial charge < -0.3 is 10.6 Å². The van der Waals surface area contributed by atoms with E-state index in [-0.39, 0.29) is 5.82 Å². The molecule has 22 heavy (non-hydrogen) atoms. The first-order chi connectivity index (χ1) is 10.5. The van der Waals surface area contributed by atoms with Crippen molar-refractivity contribution in [2.24, 2.45) is 11.7 Å². The summed E-state index contributed by atoms with van der Waals surface area (Å²) in [6, 6.07) is 5.24. The van der Waals surface area contributed by atoms with E-state index in [9.17, 15) is 4.39 Å². The second-order valence-corrected chi connectivity index (χ2v) is 6.19. The van der Waals surface area contributed by atoms with Crippen molar-refractivity contribution >= 4 is 0 Å². The molecule has 120 valence electrons. The first kappa shape index (κ1) is 16.6. The Balaban J connectivity index is 2.27. The molecule has 0 spiro atoms. The third-order valence-electron chi connectivity index (χ3n) is 3.62. The summed E-state index contributed by atoms with van der Waals surface area (Å²) in [4.78, 5) is 2.15. The van der Waals surface area contributed by atoms with Crippen LogP contribution in [0.3, 0.4) is 0 Å². The van der Waals surface area contributed by atoms with Gasteiger partial charge in [0.05, 0.1) is 5.69 Å². The van der Waals surface area contributed by atoms with E-state index in [1.807, 2.05) is 19.3 Å².